The highest BCUT2D eigenvalue weighted by Crippen LogP contribution is 2.30. The lowest BCUT2D eigenvalue weighted by Gasteiger charge is -2.22. The topological polar surface area (TPSA) is 32.3 Å². The minimum absolute atomic E-state index is 0.0616. The molecule has 2 nitrogen and oxygen atoms in total. The summed E-state index contributed by atoms with van der Waals surface area (Å²) in [4.78, 5) is 0. The number of para-hydroxylation sites is 1. The molecule has 27 heavy (non-hydrogen) atoms. The molecule has 3 rings (SSSR count). The maximum Gasteiger partial charge on any atom is 0.126 e. The molecule has 1 atom stereocenters. The van der Waals surface area contributed by atoms with Crippen LogP contribution in [0.5, 0.6) is 5.75 Å². The standard InChI is InChI=1S/C24H28NOP/c1-17-14-19(24(2,3)4)15-22(23(17)26)27-21-13-9-8-10-18(21)16-25-20-11-6-5-7-12-20/h5-15,25-27H,16H2,1-4H3. The number of phenolic OH excluding ortho intramolecular Hbond substituents is 1. The summed E-state index contributed by atoms with van der Waals surface area (Å²) in [5.41, 5.74) is 4.65. The van der Waals surface area contributed by atoms with Gasteiger partial charge in [0.15, 0.2) is 0 Å². The lowest BCUT2D eigenvalue weighted by atomic mass is 9.86. The van der Waals surface area contributed by atoms with E-state index in [4.69, 9.17) is 0 Å². The largest absolute Gasteiger partial charge is 0.507 e. The number of aromatic hydroxyl groups is 1. The van der Waals surface area contributed by atoms with Crippen LogP contribution in [0.15, 0.2) is 66.7 Å². The molecule has 0 fully saturated rings. The minimum atomic E-state index is 0.0616. The predicted molar refractivity (Wildman–Crippen MR) is 119 cm³/mol. The van der Waals surface area contributed by atoms with Crippen LogP contribution in [0.4, 0.5) is 5.69 Å². The van der Waals surface area contributed by atoms with Gasteiger partial charge < -0.3 is 10.4 Å². The number of benzene rings is 3. The van der Waals surface area contributed by atoms with Gasteiger partial charge >= 0.3 is 0 Å². The van der Waals surface area contributed by atoms with Crippen molar-refractivity contribution >= 4 is 24.9 Å². The molecule has 0 aromatic heterocycles. The summed E-state index contributed by atoms with van der Waals surface area (Å²) in [5.74, 6) is 0.423. The van der Waals surface area contributed by atoms with Gasteiger partial charge in [0.1, 0.15) is 5.75 Å². The van der Waals surface area contributed by atoms with Crippen LogP contribution in [-0.2, 0) is 12.0 Å². The van der Waals surface area contributed by atoms with Crippen molar-refractivity contribution in [1.82, 2.24) is 0 Å². The highest BCUT2D eigenvalue weighted by Gasteiger charge is 2.18. The Labute approximate surface area is 164 Å². The van der Waals surface area contributed by atoms with Gasteiger partial charge in [0.2, 0.25) is 0 Å². The summed E-state index contributed by atoms with van der Waals surface area (Å²) in [6.45, 7) is 9.39. The number of anilines is 1. The average molecular weight is 377 g/mol. The van der Waals surface area contributed by atoms with E-state index < -0.39 is 0 Å². The Bertz CT molecular complexity index is 913. The Morgan fingerprint density at radius 1 is 0.889 bits per heavy atom. The Morgan fingerprint density at radius 2 is 1.56 bits per heavy atom. The van der Waals surface area contributed by atoms with Gasteiger partial charge in [-0.05, 0) is 52.5 Å². The molecule has 0 heterocycles. The van der Waals surface area contributed by atoms with E-state index in [1.807, 2.05) is 25.1 Å². The zero-order chi connectivity index (χ0) is 19.4. The molecule has 3 aromatic rings. The van der Waals surface area contributed by atoms with Crippen molar-refractivity contribution in [1.29, 1.82) is 0 Å². The molecule has 0 saturated carbocycles. The molecular weight excluding hydrogens is 349 g/mol. The summed E-state index contributed by atoms with van der Waals surface area (Å²) in [6.07, 6.45) is 0. The maximum atomic E-state index is 10.6. The zero-order valence-electron chi connectivity index (χ0n) is 16.5. The van der Waals surface area contributed by atoms with Gasteiger partial charge in [0.25, 0.3) is 0 Å². The van der Waals surface area contributed by atoms with Crippen LogP contribution in [-0.4, -0.2) is 5.11 Å². The fourth-order valence-electron chi connectivity index (χ4n) is 3.00. The zero-order valence-corrected chi connectivity index (χ0v) is 17.5. The van der Waals surface area contributed by atoms with Crippen molar-refractivity contribution in [2.24, 2.45) is 0 Å². The van der Waals surface area contributed by atoms with Crippen LogP contribution in [0, 0.1) is 6.92 Å². The molecule has 3 heteroatoms. The number of rotatable bonds is 5. The highest BCUT2D eigenvalue weighted by atomic mass is 31.1. The third-order valence-electron chi connectivity index (χ3n) is 4.71. The fourth-order valence-corrected chi connectivity index (χ4v) is 4.35. The normalized spacial score (nSPS) is 11.9. The first-order valence-electron chi connectivity index (χ1n) is 9.32. The molecule has 0 radical (unpaired) electrons. The van der Waals surface area contributed by atoms with Crippen LogP contribution >= 0.6 is 8.58 Å². The predicted octanol–water partition coefficient (Wildman–Crippen LogP) is 5.24. The van der Waals surface area contributed by atoms with Crippen LogP contribution in [0.1, 0.15) is 37.5 Å². The second-order valence-corrected chi connectivity index (χ2v) is 9.27. The highest BCUT2D eigenvalue weighted by molar-refractivity contribution is 7.55. The molecule has 0 bridgehead atoms. The van der Waals surface area contributed by atoms with Crippen molar-refractivity contribution in [2.75, 3.05) is 5.32 Å². The second-order valence-electron chi connectivity index (χ2n) is 7.94. The molecule has 0 aliphatic heterocycles. The average Bonchev–Trinajstić information content (AvgIpc) is 2.64. The molecule has 0 aliphatic carbocycles. The van der Waals surface area contributed by atoms with Crippen LogP contribution in [0.25, 0.3) is 0 Å². The van der Waals surface area contributed by atoms with Gasteiger partial charge in [-0.2, -0.15) is 0 Å². The van der Waals surface area contributed by atoms with E-state index in [1.54, 1.807) is 0 Å². The summed E-state index contributed by atoms with van der Waals surface area (Å²) >= 11 is 0. The van der Waals surface area contributed by atoms with E-state index in [-0.39, 0.29) is 5.41 Å². The lowest BCUT2D eigenvalue weighted by Crippen LogP contribution is -2.17. The molecule has 0 aliphatic rings. The van der Waals surface area contributed by atoms with Gasteiger partial charge in [-0.3, -0.25) is 0 Å². The number of aryl methyl sites for hydroxylation is 1. The summed E-state index contributed by atoms with van der Waals surface area (Å²) in [6, 6.07) is 23.0. The van der Waals surface area contributed by atoms with E-state index in [0.29, 0.717) is 14.3 Å². The maximum absolute atomic E-state index is 10.6. The van der Waals surface area contributed by atoms with Crippen molar-refractivity contribution in [3.8, 4) is 5.75 Å². The number of nitrogens with one attached hydrogen (secondary N) is 1. The molecule has 0 saturated heterocycles. The fraction of sp³-hybridized carbons (Fsp3) is 0.250. The Kier molecular flexibility index (Phi) is 5.87. The number of hydrogen-bond donors (Lipinski definition) is 2. The van der Waals surface area contributed by atoms with E-state index in [0.717, 1.165) is 23.1 Å². The van der Waals surface area contributed by atoms with Crippen LogP contribution in [0.3, 0.4) is 0 Å². The molecular formula is C24H28NOP. The third-order valence-corrected chi connectivity index (χ3v) is 6.12. The molecule has 0 spiro atoms. The van der Waals surface area contributed by atoms with Crippen molar-refractivity contribution in [3.05, 3.63) is 83.4 Å². The van der Waals surface area contributed by atoms with E-state index in [1.165, 1.54) is 16.4 Å². The molecule has 1 unspecified atom stereocenters. The number of hydrogen-bond acceptors (Lipinski definition) is 2. The van der Waals surface area contributed by atoms with Gasteiger partial charge in [-0.1, -0.05) is 77.9 Å². The quantitative estimate of drug-likeness (QED) is 0.596. The van der Waals surface area contributed by atoms with Crippen LogP contribution < -0.4 is 15.9 Å². The lowest BCUT2D eigenvalue weighted by molar-refractivity contribution is 0.474. The van der Waals surface area contributed by atoms with Gasteiger partial charge in [-0.15, -0.1) is 0 Å². The van der Waals surface area contributed by atoms with Gasteiger partial charge in [0, 0.05) is 17.5 Å². The summed E-state index contributed by atoms with van der Waals surface area (Å²) in [7, 11) is 0.424. The first-order valence-corrected chi connectivity index (χ1v) is 10.3. The first-order chi connectivity index (χ1) is 12.8. The van der Waals surface area contributed by atoms with Crippen molar-refractivity contribution in [3.63, 3.8) is 0 Å². The van der Waals surface area contributed by atoms with E-state index in [2.05, 4.69) is 74.6 Å². The Balaban J connectivity index is 1.87. The Morgan fingerprint density at radius 3 is 2.26 bits per heavy atom. The molecule has 2 N–H and O–H groups in total. The van der Waals surface area contributed by atoms with E-state index >= 15 is 0 Å². The summed E-state index contributed by atoms with van der Waals surface area (Å²) < 4.78 is 0. The van der Waals surface area contributed by atoms with Gasteiger partial charge in [0.05, 0.1) is 0 Å². The molecule has 0 amide bonds. The third kappa shape index (κ3) is 4.90. The van der Waals surface area contributed by atoms with Crippen molar-refractivity contribution < 1.29 is 5.11 Å². The SMILES string of the molecule is Cc1cc(C(C)(C)C)cc(Pc2ccccc2CNc2ccccc2)c1O. The summed E-state index contributed by atoms with van der Waals surface area (Å²) in [5, 5.41) is 16.4. The van der Waals surface area contributed by atoms with E-state index in [9.17, 15) is 5.11 Å². The van der Waals surface area contributed by atoms with Gasteiger partial charge in [-0.25, -0.2) is 0 Å². The van der Waals surface area contributed by atoms with Crippen LogP contribution in [0.2, 0.25) is 0 Å². The first kappa shape index (κ1) is 19.5. The smallest absolute Gasteiger partial charge is 0.126 e. The van der Waals surface area contributed by atoms with Crippen molar-refractivity contribution in [2.45, 2.75) is 39.7 Å². The number of phenols is 1. The molecule has 140 valence electrons. The molecule has 3 aromatic carbocycles. The monoisotopic (exact) mass is 377 g/mol. The Hall–Kier alpha value is -2.31. The minimum Gasteiger partial charge on any atom is -0.507 e. The second kappa shape index (κ2) is 8.15.